The second-order valence-electron chi connectivity index (χ2n) is 14.2. The molecule has 0 spiro atoms. The molecule has 1 saturated heterocycles. The number of aliphatic hydroxyl groups is 1. The zero-order valence-electron chi connectivity index (χ0n) is 28.3. The molecule has 0 aromatic heterocycles. The van der Waals surface area contributed by atoms with Crippen LogP contribution in [-0.2, 0) is 23.9 Å². The molecule has 2 fully saturated rings. The highest BCUT2D eigenvalue weighted by atomic mass is 16.6. The van der Waals surface area contributed by atoms with Gasteiger partial charge in [-0.2, -0.15) is 0 Å². The maximum Gasteiger partial charge on any atom is 0.410 e. The number of unbranched alkanes of at least 4 members (excludes halogenated alkanes) is 1. The third-order valence-corrected chi connectivity index (χ3v) is 8.44. The summed E-state index contributed by atoms with van der Waals surface area (Å²) < 4.78 is 16.5. The molecule has 0 bridgehead atoms. The van der Waals surface area contributed by atoms with Gasteiger partial charge < -0.3 is 39.3 Å². The monoisotopic (exact) mass is 644 g/mol. The van der Waals surface area contributed by atoms with Crippen LogP contribution in [-0.4, -0.2) is 98.1 Å². The number of rotatable bonds is 13. The number of carbonyl (C=O) groups is 4. The fourth-order valence-corrected chi connectivity index (χ4v) is 6.16. The highest BCUT2D eigenvalue weighted by Crippen LogP contribution is 2.41. The average molecular weight is 645 g/mol. The summed E-state index contributed by atoms with van der Waals surface area (Å²) in [5.74, 6) is -1.07. The molecule has 3 atom stereocenters. The second-order valence-corrected chi connectivity index (χ2v) is 14.2. The van der Waals surface area contributed by atoms with E-state index in [0.717, 1.165) is 25.7 Å². The van der Waals surface area contributed by atoms with E-state index in [1.165, 1.54) is 4.90 Å². The van der Waals surface area contributed by atoms with Gasteiger partial charge in [0.15, 0.2) is 6.61 Å². The quantitative estimate of drug-likeness (QED) is 0.310. The molecule has 3 aliphatic rings. The Balaban J connectivity index is 1.60. The van der Waals surface area contributed by atoms with Crippen molar-refractivity contribution in [3.8, 4) is 5.75 Å². The van der Waals surface area contributed by atoms with Crippen molar-refractivity contribution in [1.29, 1.82) is 0 Å². The molecule has 2 heterocycles. The van der Waals surface area contributed by atoms with Gasteiger partial charge >= 0.3 is 6.09 Å². The lowest BCUT2D eigenvalue weighted by molar-refractivity contribution is -0.131. The summed E-state index contributed by atoms with van der Waals surface area (Å²) in [6.07, 6.45) is 3.52. The minimum atomic E-state index is -0.747. The van der Waals surface area contributed by atoms with E-state index < -0.39 is 29.6 Å². The molecule has 2 N–H and O–H groups in total. The van der Waals surface area contributed by atoms with Crippen LogP contribution >= 0.6 is 0 Å². The molecule has 2 aliphatic heterocycles. The van der Waals surface area contributed by atoms with E-state index in [1.54, 1.807) is 43.7 Å². The number of anilines is 2. The first kappa shape index (κ1) is 35.5. The zero-order valence-corrected chi connectivity index (χ0v) is 28.3. The summed E-state index contributed by atoms with van der Waals surface area (Å²) in [5.41, 5.74) is 0.531. The number of piperidine rings is 1. The van der Waals surface area contributed by atoms with Gasteiger partial charge in [0, 0.05) is 45.1 Å². The molecule has 1 aliphatic carbocycles. The summed E-state index contributed by atoms with van der Waals surface area (Å²) in [4.78, 5) is 59.0. The third-order valence-electron chi connectivity index (χ3n) is 8.44. The molecule has 256 valence electrons. The Bertz CT molecular complexity index is 1240. The van der Waals surface area contributed by atoms with Crippen LogP contribution in [0.1, 0.15) is 73.1 Å². The molecule has 1 saturated carbocycles. The fraction of sp³-hybridized carbons (Fsp3) is 0.706. The third kappa shape index (κ3) is 9.34. The Kier molecular flexibility index (Phi) is 11.9. The Hall–Kier alpha value is -3.38. The van der Waals surface area contributed by atoms with E-state index >= 15 is 0 Å². The summed E-state index contributed by atoms with van der Waals surface area (Å²) in [7, 11) is 1.65. The van der Waals surface area contributed by atoms with Crippen molar-refractivity contribution in [3.05, 3.63) is 18.2 Å². The number of amides is 4. The van der Waals surface area contributed by atoms with Gasteiger partial charge in [-0.15, -0.1) is 0 Å². The van der Waals surface area contributed by atoms with Gasteiger partial charge in [-0.25, -0.2) is 4.79 Å². The Labute approximate surface area is 272 Å². The number of ether oxygens (including phenoxy) is 3. The van der Waals surface area contributed by atoms with Crippen LogP contribution in [0.15, 0.2) is 18.2 Å². The number of nitrogens with zero attached hydrogens (tertiary/aromatic N) is 3. The highest BCUT2D eigenvalue weighted by molar-refractivity contribution is 6.01. The summed E-state index contributed by atoms with van der Waals surface area (Å²) in [6.45, 7) is 10.5. The fourth-order valence-electron chi connectivity index (χ4n) is 6.16. The minimum Gasteiger partial charge on any atom is -0.482 e. The predicted molar refractivity (Wildman–Crippen MR) is 174 cm³/mol. The van der Waals surface area contributed by atoms with Crippen molar-refractivity contribution in [2.24, 2.45) is 17.8 Å². The van der Waals surface area contributed by atoms with Gasteiger partial charge in [-0.1, -0.05) is 13.8 Å². The van der Waals surface area contributed by atoms with Gasteiger partial charge in [0.1, 0.15) is 11.4 Å². The van der Waals surface area contributed by atoms with Gasteiger partial charge in [-0.3, -0.25) is 14.4 Å². The van der Waals surface area contributed by atoms with E-state index in [2.05, 4.69) is 5.32 Å². The van der Waals surface area contributed by atoms with Crippen LogP contribution in [0.4, 0.5) is 16.2 Å². The summed E-state index contributed by atoms with van der Waals surface area (Å²) >= 11 is 0. The van der Waals surface area contributed by atoms with E-state index in [1.807, 2.05) is 26.0 Å². The molecule has 0 radical (unpaired) electrons. The van der Waals surface area contributed by atoms with Crippen molar-refractivity contribution in [2.75, 3.05) is 56.4 Å². The standard InChI is InChI=1S/C34H52N4O8/c1-22(2)15-25(20-39)35-31(41)23-16-24(19-36(18-23)33(43)46-34(3,4)5)32(42)38(26-9-10-26)27-11-12-29-28(17-27)37(30(40)21-45-29)13-7-8-14-44-6/h11-12,17,22-26,39H,7-10,13-16,18-21H2,1-6H3,(H,35,41)/t23-,24+,25?/m0/s1. The molecular formula is C34H52N4O8. The molecule has 46 heavy (non-hydrogen) atoms. The SMILES string of the molecule is COCCCCN1C(=O)COc2ccc(N(C(=O)[C@@H]3C[C@H](C(=O)NC(CO)CC(C)C)CN(C(=O)OC(C)(C)C)C3)C3CC3)cc21. The van der Waals surface area contributed by atoms with Crippen LogP contribution < -0.4 is 19.9 Å². The topological polar surface area (TPSA) is 138 Å². The van der Waals surface area contributed by atoms with Crippen LogP contribution in [0.3, 0.4) is 0 Å². The Morgan fingerprint density at radius 3 is 2.48 bits per heavy atom. The lowest BCUT2D eigenvalue weighted by Crippen LogP contribution is -2.55. The lowest BCUT2D eigenvalue weighted by Gasteiger charge is -2.39. The number of carbonyl (C=O) groups excluding carboxylic acids is 4. The number of likely N-dealkylation sites (tertiary alicyclic amines) is 1. The summed E-state index contributed by atoms with van der Waals surface area (Å²) in [6, 6.07) is 5.05. The van der Waals surface area contributed by atoms with Gasteiger partial charge in [0.2, 0.25) is 11.8 Å². The van der Waals surface area contributed by atoms with Crippen molar-refractivity contribution >= 4 is 35.2 Å². The maximum atomic E-state index is 14.4. The molecule has 1 aromatic carbocycles. The maximum absolute atomic E-state index is 14.4. The van der Waals surface area contributed by atoms with Crippen molar-refractivity contribution in [3.63, 3.8) is 0 Å². The van der Waals surface area contributed by atoms with Crippen LogP contribution in [0.25, 0.3) is 0 Å². The Morgan fingerprint density at radius 1 is 1.13 bits per heavy atom. The minimum absolute atomic E-state index is 0.0186. The molecule has 12 heteroatoms. The van der Waals surface area contributed by atoms with E-state index in [0.29, 0.717) is 36.7 Å². The molecular weight excluding hydrogens is 592 g/mol. The normalized spacial score (nSPS) is 20.6. The number of aliphatic hydroxyl groups excluding tert-OH is 1. The number of nitrogens with one attached hydrogen (secondary N) is 1. The molecule has 1 aromatic rings. The second kappa shape index (κ2) is 15.5. The molecule has 1 unspecified atom stereocenters. The number of fused-ring (bicyclic) bond motifs is 1. The van der Waals surface area contributed by atoms with Crippen molar-refractivity contribution in [2.45, 2.75) is 90.8 Å². The predicted octanol–water partition coefficient (Wildman–Crippen LogP) is 3.73. The first-order valence-corrected chi connectivity index (χ1v) is 16.6. The van der Waals surface area contributed by atoms with E-state index in [-0.39, 0.29) is 62.4 Å². The van der Waals surface area contributed by atoms with E-state index in [4.69, 9.17) is 14.2 Å². The first-order valence-electron chi connectivity index (χ1n) is 16.6. The average Bonchev–Trinajstić information content (AvgIpc) is 3.83. The number of hydrogen-bond acceptors (Lipinski definition) is 8. The highest BCUT2D eigenvalue weighted by Gasteiger charge is 2.44. The molecule has 4 amide bonds. The largest absolute Gasteiger partial charge is 0.482 e. The zero-order chi connectivity index (χ0) is 33.6. The smallest absolute Gasteiger partial charge is 0.410 e. The van der Waals surface area contributed by atoms with Crippen molar-refractivity contribution < 1.29 is 38.5 Å². The van der Waals surface area contributed by atoms with Crippen molar-refractivity contribution in [1.82, 2.24) is 10.2 Å². The van der Waals surface area contributed by atoms with Crippen LogP contribution in [0, 0.1) is 17.8 Å². The number of benzene rings is 1. The van der Waals surface area contributed by atoms with Gasteiger partial charge in [-0.05, 0) is 83.4 Å². The number of methoxy groups -OCH3 is 1. The van der Waals surface area contributed by atoms with Gasteiger partial charge in [0.25, 0.3) is 5.91 Å². The summed E-state index contributed by atoms with van der Waals surface area (Å²) in [5, 5.41) is 12.8. The van der Waals surface area contributed by atoms with Gasteiger partial charge in [0.05, 0.1) is 30.2 Å². The van der Waals surface area contributed by atoms with Crippen LogP contribution in [0.5, 0.6) is 5.75 Å². The Morgan fingerprint density at radius 2 is 1.85 bits per heavy atom. The first-order chi connectivity index (χ1) is 21.8. The van der Waals surface area contributed by atoms with Crippen LogP contribution in [0.2, 0.25) is 0 Å². The lowest BCUT2D eigenvalue weighted by atomic mass is 9.87. The number of hydrogen-bond donors (Lipinski definition) is 2. The van der Waals surface area contributed by atoms with E-state index in [9.17, 15) is 24.3 Å². The molecule has 12 nitrogen and oxygen atoms in total. The molecule has 4 rings (SSSR count).